The van der Waals surface area contributed by atoms with Gasteiger partial charge in [-0.1, -0.05) is 24.3 Å². The number of carbonyl (C=O) groups excluding carboxylic acids is 1. The van der Waals surface area contributed by atoms with E-state index in [-0.39, 0.29) is 5.92 Å². The van der Waals surface area contributed by atoms with Crippen LogP contribution < -0.4 is 0 Å². The van der Waals surface area contributed by atoms with Crippen LogP contribution in [0.3, 0.4) is 0 Å². The van der Waals surface area contributed by atoms with Crippen molar-refractivity contribution in [2.24, 2.45) is 0 Å². The van der Waals surface area contributed by atoms with E-state index >= 15 is 0 Å². The normalized spacial score (nSPS) is 20.7. The van der Waals surface area contributed by atoms with Crippen molar-refractivity contribution < 1.29 is 4.79 Å². The van der Waals surface area contributed by atoms with Gasteiger partial charge in [0.2, 0.25) is 0 Å². The maximum Gasteiger partial charge on any atom is 0.180 e. The molecule has 0 amide bonds. The molecule has 0 spiro atoms. The van der Waals surface area contributed by atoms with Crippen LogP contribution in [0.15, 0.2) is 30.3 Å². The Morgan fingerprint density at radius 2 is 1.81 bits per heavy atom. The molecule has 2 aromatic rings. The van der Waals surface area contributed by atoms with Crippen LogP contribution in [0.1, 0.15) is 62.8 Å². The van der Waals surface area contributed by atoms with E-state index in [0.717, 1.165) is 24.1 Å². The van der Waals surface area contributed by atoms with Gasteiger partial charge in [-0.3, -0.25) is 4.79 Å². The highest BCUT2D eigenvalue weighted by Crippen LogP contribution is 2.37. The van der Waals surface area contributed by atoms with Gasteiger partial charge in [0.1, 0.15) is 0 Å². The minimum Gasteiger partial charge on any atom is -0.293 e. The van der Waals surface area contributed by atoms with Crippen LogP contribution in [-0.2, 0) is 19.3 Å². The van der Waals surface area contributed by atoms with Crippen LogP contribution in [0, 0.1) is 0 Å². The van der Waals surface area contributed by atoms with Gasteiger partial charge in [0.25, 0.3) is 0 Å². The van der Waals surface area contributed by atoms with Crippen LogP contribution in [0.2, 0.25) is 0 Å². The van der Waals surface area contributed by atoms with Crippen molar-refractivity contribution in [1.29, 1.82) is 0 Å². The average molecular weight is 296 g/mol. The molecule has 1 heterocycles. The summed E-state index contributed by atoms with van der Waals surface area (Å²) in [6.07, 6.45) is 8.18. The van der Waals surface area contributed by atoms with E-state index < -0.39 is 0 Å². The summed E-state index contributed by atoms with van der Waals surface area (Å²) in [5, 5.41) is 0. The van der Waals surface area contributed by atoms with Crippen molar-refractivity contribution in [3.63, 3.8) is 0 Å². The summed E-state index contributed by atoms with van der Waals surface area (Å²) in [7, 11) is 0. The second-order valence-electron chi connectivity index (χ2n) is 6.27. The molecule has 2 aliphatic rings. The monoisotopic (exact) mass is 296 g/mol. The fraction of sp³-hybridized carbons (Fsp3) is 0.421. The molecule has 21 heavy (non-hydrogen) atoms. The molecule has 4 rings (SSSR count). The van der Waals surface area contributed by atoms with Crippen molar-refractivity contribution in [3.05, 3.63) is 56.8 Å². The number of hydrogen-bond acceptors (Lipinski definition) is 2. The maximum absolute atomic E-state index is 13.0. The Kier molecular flexibility index (Phi) is 3.42. The Labute approximate surface area is 130 Å². The lowest BCUT2D eigenvalue weighted by atomic mass is 9.80. The van der Waals surface area contributed by atoms with E-state index in [4.69, 9.17) is 0 Å². The van der Waals surface area contributed by atoms with Crippen molar-refractivity contribution in [2.75, 3.05) is 0 Å². The summed E-state index contributed by atoms with van der Waals surface area (Å²) in [5.41, 5.74) is 4.10. The standard InChI is InChI=1S/C19H20OS/c20-19(18-12-14-7-2-4-11-17(14)21-18)16-10-5-8-13-6-1-3-9-15(13)16/h1,3,6,9,12,16H,2,4-5,7-8,10-11H2. The zero-order valence-electron chi connectivity index (χ0n) is 12.2. The van der Waals surface area contributed by atoms with Crippen LogP contribution in [-0.4, -0.2) is 5.78 Å². The summed E-state index contributed by atoms with van der Waals surface area (Å²) in [6, 6.07) is 10.7. The average Bonchev–Trinajstić information content (AvgIpc) is 2.97. The molecule has 1 aromatic heterocycles. The van der Waals surface area contributed by atoms with Crippen LogP contribution in [0.5, 0.6) is 0 Å². The topological polar surface area (TPSA) is 17.1 Å². The zero-order valence-corrected chi connectivity index (χ0v) is 13.0. The van der Waals surface area contributed by atoms with Crippen molar-refractivity contribution >= 4 is 17.1 Å². The van der Waals surface area contributed by atoms with E-state index in [1.54, 1.807) is 11.3 Å². The molecule has 1 atom stereocenters. The summed E-state index contributed by atoms with van der Waals surface area (Å²) < 4.78 is 0. The second kappa shape index (κ2) is 5.42. The van der Waals surface area contributed by atoms with Crippen LogP contribution in [0.25, 0.3) is 0 Å². The molecule has 0 saturated heterocycles. The van der Waals surface area contributed by atoms with Crippen LogP contribution >= 0.6 is 11.3 Å². The number of fused-ring (bicyclic) bond motifs is 2. The molecule has 0 bridgehead atoms. The fourth-order valence-electron chi connectivity index (χ4n) is 3.81. The molecule has 0 N–H and O–H groups in total. The SMILES string of the molecule is O=C(c1cc2c(s1)CCCC2)C1CCCc2ccccc21. The highest BCUT2D eigenvalue weighted by atomic mass is 32.1. The zero-order chi connectivity index (χ0) is 14.2. The van der Waals surface area contributed by atoms with E-state index in [9.17, 15) is 4.79 Å². The third-order valence-corrected chi connectivity index (χ3v) is 6.18. The predicted molar refractivity (Wildman–Crippen MR) is 87.4 cm³/mol. The molecule has 0 aliphatic heterocycles. The van der Waals surface area contributed by atoms with E-state index in [1.165, 1.54) is 47.3 Å². The minimum atomic E-state index is 0.0926. The number of thiophene rings is 1. The number of rotatable bonds is 2. The summed E-state index contributed by atoms with van der Waals surface area (Å²) in [4.78, 5) is 15.5. The van der Waals surface area contributed by atoms with Crippen molar-refractivity contribution in [1.82, 2.24) is 0 Å². The molecule has 2 heteroatoms. The Hall–Kier alpha value is -1.41. The van der Waals surface area contributed by atoms with Crippen molar-refractivity contribution in [3.8, 4) is 0 Å². The summed E-state index contributed by atoms with van der Waals surface area (Å²) in [6.45, 7) is 0. The highest BCUT2D eigenvalue weighted by molar-refractivity contribution is 7.14. The first kappa shape index (κ1) is 13.3. The third kappa shape index (κ3) is 2.36. The number of hydrogen-bond donors (Lipinski definition) is 0. The number of Topliss-reactive ketones (excluding diaryl/α,β-unsaturated/α-hetero) is 1. The number of aryl methyl sites for hydroxylation is 3. The first-order valence-corrected chi connectivity index (χ1v) is 8.88. The lowest BCUT2D eigenvalue weighted by Gasteiger charge is -2.23. The van der Waals surface area contributed by atoms with Crippen LogP contribution in [0.4, 0.5) is 0 Å². The molecular weight excluding hydrogens is 276 g/mol. The first-order chi connectivity index (χ1) is 10.3. The molecular formula is C19H20OS. The van der Waals surface area contributed by atoms with Gasteiger partial charge >= 0.3 is 0 Å². The molecule has 0 saturated carbocycles. The Morgan fingerprint density at radius 1 is 1.00 bits per heavy atom. The minimum absolute atomic E-state index is 0.0926. The molecule has 1 unspecified atom stereocenters. The lowest BCUT2D eigenvalue weighted by molar-refractivity contribution is 0.0955. The lowest BCUT2D eigenvalue weighted by Crippen LogP contribution is -2.17. The summed E-state index contributed by atoms with van der Waals surface area (Å²) >= 11 is 1.76. The quantitative estimate of drug-likeness (QED) is 0.718. The second-order valence-corrected chi connectivity index (χ2v) is 7.41. The smallest absolute Gasteiger partial charge is 0.180 e. The molecule has 1 nitrogen and oxygen atoms in total. The number of carbonyl (C=O) groups is 1. The molecule has 0 fully saturated rings. The largest absolute Gasteiger partial charge is 0.293 e. The Morgan fingerprint density at radius 3 is 2.71 bits per heavy atom. The predicted octanol–water partition coefficient (Wildman–Crippen LogP) is 4.93. The molecule has 1 aromatic carbocycles. The Bertz CT molecular complexity index is 659. The van der Waals surface area contributed by atoms with Gasteiger partial charge in [-0.25, -0.2) is 0 Å². The number of benzene rings is 1. The van der Waals surface area contributed by atoms with Crippen molar-refractivity contribution in [2.45, 2.75) is 50.9 Å². The van der Waals surface area contributed by atoms with E-state index in [0.29, 0.717) is 5.78 Å². The molecule has 2 aliphatic carbocycles. The van der Waals surface area contributed by atoms with E-state index in [2.05, 4.69) is 30.3 Å². The molecule has 108 valence electrons. The van der Waals surface area contributed by atoms with Gasteiger partial charge in [-0.2, -0.15) is 0 Å². The third-order valence-electron chi connectivity index (χ3n) is 4.93. The van der Waals surface area contributed by atoms with Gasteiger partial charge in [0.15, 0.2) is 5.78 Å². The van der Waals surface area contributed by atoms with Gasteiger partial charge in [0.05, 0.1) is 4.88 Å². The van der Waals surface area contributed by atoms with Gasteiger partial charge in [-0.15, -0.1) is 11.3 Å². The van der Waals surface area contributed by atoms with E-state index in [1.807, 2.05) is 0 Å². The molecule has 0 radical (unpaired) electrons. The fourth-order valence-corrected chi connectivity index (χ4v) is 5.06. The van der Waals surface area contributed by atoms with Gasteiger partial charge in [-0.05, 0) is 67.7 Å². The number of ketones is 1. The summed E-state index contributed by atoms with van der Waals surface area (Å²) in [5.74, 6) is 0.455. The van der Waals surface area contributed by atoms with Gasteiger partial charge < -0.3 is 0 Å². The highest BCUT2D eigenvalue weighted by Gasteiger charge is 2.29. The first-order valence-electron chi connectivity index (χ1n) is 8.06. The maximum atomic E-state index is 13.0. The van der Waals surface area contributed by atoms with Gasteiger partial charge in [0, 0.05) is 10.8 Å². The Balaban J connectivity index is 1.68.